The second kappa shape index (κ2) is 6.96. The maximum Gasteiger partial charge on any atom is 0.151 e. The molecule has 2 aromatic heterocycles. The lowest BCUT2D eigenvalue weighted by Gasteiger charge is -2.35. The maximum absolute atomic E-state index is 5.37. The van der Waals surface area contributed by atoms with E-state index >= 15 is 0 Å². The van der Waals surface area contributed by atoms with Gasteiger partial charge in [0.1, 0.15) is 5.82 Å². The molecular formula is C16H21N7O. The van der Waals surface area contributed by atoms with Crippen LogP contribution < -0.4 is 14.7 Å². The third kappa shape index (κ3) is 3.23. The van der Waals surface area contributed by atoms with Crippen LogP contribution in [0.5, 0.6) is 0 Å². The first kappa shape index (κ1) is 15.1. The van der Waals surface area contributed by atoms with Gasteiger partial charge >= 0.3 is 0 Å². The van der Waals surface area contributed by atoms with Crippen LogP contribution in [0.25, 0.3) is 0 Å². The van der Waals surface area contributed by atoms with E-state index in [0.717, 1.165) is 69.9 Å². The maximum atomic E-state index is 5.37. The fraction of sp³-hybridized carbons (Fsp3) is 0.500. The molecule has 0 bridgehead atoms. The first-order valence-corrected chi connectivity index (χ1v) is 8.32. The van der Waals surface area contributed by atoms with Gasteiger partial charge in [-0.1, -0.05) is 0 Å². The Labute approximate surface area is 141 Å². The van der Waals surface area contributed by atoms with Crippen LogP contribution >= 0.6 is 0 Å². The second-order valence-corrected chi connectivity index (χ2v) is 5.89. The Morgan fingerprint density at radius 2 is 1.29 bits per heavy atom. The lowest BCUT2D eigenvalue weighted by atomic mass is 10.3. The third-order valence-corrected chi connectivity index (χ3v) is 4.45. The predicted octanol–water partition coefficient (Wildman–Crippen LogP) is 0.430. The van der Waals surface area contributed by atoms with Gasteiger partial charge in [-0.3, -0.25) is 4.98 Å². The van der Waals surface area contributed by atoms with Gasteiger partial charge < -0.3 is 19.4 Å². The summed E-state index contributed by atoms with van der Waals surface area (Å²) in [5.74, 6) is 2.80. The second-order valence-electron chi connectivity index (χ2n) is 5.89. The Morgan fingerprint density at radius 1 is 0.708 bits per heavy atom. The molecule has 0 spiro atoms. The van der Waals surface area contributed by atoms with Crippen LogP contribution in [0.2, 0.25) is 0 Å². The highest BCUT2D eigenvalue weighted by Gasteiger charge is 2.20. The minimum atomic E-state index is 0.758. The quantitative estimate of drug-likeness (QED) is 0.804. The van der Waals surface area contributed by atoms with Crippen molar-refractivity contribution in [2.45, 2.75) is 0 Å². The molecule has 0 amide bonds. The summed E-state index contributed by atoms with van der Waals surface area (Å²) >= 11 is 0. The molecule has 126 valence electrons. The minimum Gasteiger partial charge on any atom is -0.378 e. The van der Waals surface area contributed by atoms with Gasteiger partial charge in [0, 0.05) is 51.7 Å². The zero-order chi connectivity index (χ0) is 16.2. The lowest BCUT2D eigenvalue weighted by Crippen LogP contribution is -2.47. The van der Waals surface area contributed by atoms with E-state index in [1.807, 2.05) is 6.20 Å². The van der Waals surface area contributed by atoms with E-state index in [9.17, 15) is 0 Å². The highest BCUT2D eigenvalue weighted by molar-refractivity contribution is 5.47. The number of aromatic nitrogens is 4. The Bertz CT molecular complexity index is 637. The van der Waals surface area contributed by atoms with E-state index in [4.69, 9.17) is 4.74 Å². The van der Waals surface area contributed by atoms with Crippen LogP contribution in [0, 0.1) is 0 Å². The summed E-state index contributed by atoms with van der Waals surface area (Å²) in [4.78, 5) is 15.2. The fourth-order valence-corrected chi connectivity index (χ4v) is 3.07. The molecule has 4 heterocycles. The molecule has 2 aromatic rings. The van der Waals surface area contributed by atoms with Crippen molar-refractivity contribution < 1.29 is 4.74 Å². The largest absolute Gasteiger partial charge is 0.378 e. The molecule has 0 saturated carbocycles. The number of rotatable bonds is 3. The number of piperazine rings is 1. The predicted molar refractivity (Wildman–Crippen MR) is 91.5 cm³/mol. The zero-order valence-corrected chi connectivity index (χ0v) is 13.6. The zero-order valence-electron chi connectivity index (χ0n) is 13.6. The molecule has 0 radical (unpaired) electrons. The first-order chi connectivity index (χ1) is 11.9. The fourth-order valence-electron chi connectivity index (χ4n) is 3.07. The summed E-state index contributed by atoms with van der Waals surface area (Å²) in [7, 11) is 0. The summed E-state index contributed by atoms with van der Waals surface area (Å²) in [6.45, 7) is 6.90. The highest BCUT2D eigenvalue weighted by Crippen LogP contribution is 2.19. The SMILES string of the molecule is c1cnc(N2CCN(c3ccc(N4CCOCC4)nn3)CC2)cn1. The van der Waals surface area contributed by atoms with Gasteiger partial charge in [-0.25, -0.2) is 4.98 Å². The average Bonchev–Trinajstić information content (AvgIpc) is 2.70. The van der Waals surface area contributed by atoms with Crippen molar-refractivity contribution in [3.8, 4) is 0 Å². The van der Waals surface area contributed by atoms with Crippen molar-refractivity contribution in [1.29, 1.82) is 0 Å². The summed E-state index contributed by atoms with van der Waals surface area (Å²) in [5, 5.41) is 8.82. The average molecular weight is 327 g/mol. The molecule has 0 aliphatic carbocycles. The molecule has 2 aliphatic rings. The molecule has 0 aromatic carbocycles. The van der Waals surface area contributed by atoms with Crippen molar-refractivity contribution >= 4 is 17.5 Å². The monoisotopic (exact) mass is 327 g/mol. The molecule has 0 N–H and O–H groups in total. The van der Waals surface area contributed by atoms with E-state index in [0.29, 0.717) is 0 Å². The molecule has 8 heteroatoms. The van der Waals surface area contributed by atoms with Crippen molar-refractivity contribution in [2.75, 3.05) is 67.2 Å². The van der Waals surface area contributed by atoms with Crippen molar-refractivity contribution in [3.05, 3.63) is 30.7 Å². The highest BCUT2D eigenvalue weighted by atomic mass is 16.5. The smallest absolute Gasteiger partial charge is 0.151 e. The van der Waals surface area contributed by atoms with Gasteiger partial charge in [-0.2, -0.15) is 0 Å². The molecule has 8 nitrogen and oxygen atoms in total. The van der Waals surface area contributed by atoms with Crippen LogP contribution in [-0.2, 0) is 4.74 Å². The lowest BCUT2D eigenvalue weighted by molar-refractivity contribution is 0.122. The Hall–Kier alpha value is -2.48. The molecule has 2 fully saturated rings. The van der Waals surface area contributed by atoms with Gasteiger partial charge in [0.05, 0.1) is 19.4 Å². The van der Waals surface area contributed by atoms with Crippen molar-refractivity contribution in [2.24, 2.45) is 0 Å². The standard InChI is InChI=1S/C16H21N7O/c1-2-15(23-9-11-24-12-10-23)20-19-14(1)21-5-7-22(8-6-21)16-13-17-3-4-18-16/h1-4,13H,5-12H2. The Kier molecular flexibility index (Phi) is 4.37. The van der Waals surface area contributed by atoms with Crippen LogP contribution in [0.15, 0.2) is 30.7 Å². The topological polar surface area (TPSA) is 70.5 Å². The van der Waals surface area contributed by atoms with E-state index in [1.165, 1.54) is 0 Å². The number of hydrogen-bond acceptors (Lipinski definition) is 8. The molecule has 0 unspecified atom stereocenters. The number of ether oxygens (including phenoxy) is 1. The van der Waals surface area contributed by atoms with Gasteiger partial charge in [0.2, 0.25) is 0 Å². The van der Waals surface area contributed by atoms with E-state index in [2.05, 4.69) is 47.0 Å². The van der Waals surface area contributed by atoms with Gasteiger partial charge in [-0.15, -0.1) is 10.2 Å². The minimum absolute atomic E-state index is 0.758. The van der Waals surface area contributed by atoms with Crippen LogP contribution in [-0.4, -0.2) is 72.6 Å². The number of nitrogens with zero attached hydrogens (tertiary/aromatic N) is 7. The van der Waals surface area contributed by atoms with Crippen LogP contribution in [0.4, 0.5) is 17.5 Å². The van der Waals surface area contributed by atoms with E-state index in [-0.39, 0.29) is 0 Å². The van der Waals surface area contributed by atoms with Gasteiger partial charge in [0.25, 0.3) is 0 Å². The van der Waals surface area contributed by atoms with Crippen LogP contribution in [0.1, 0.15) is 0 Å². The number of anilines is 3. The summed E-state index contributed by atoms with van der Waals surface area (Å²) < 4.78 is 5.37. The molecular weight excluding hydrogens is 306 g/mol. The first-order valence-electron chi connectivity index (χ1n) is 8.32. The molecule has 4 rings (SSSR count). The molecule has 2 saturated heterocycles. The Balaban J connectivity index is 1.37. The summed E-state index contributed by atoms with van der Waals surface area (Å²) in [6.07, 6.45) is 5.25. The third-order valence-electron chi connectivity index (χ3n) is 4.45. The van der Waals surface area contributed by atoms with Crippen molar-refractivity contribution in [3.63, 3.8) is 0 Å². The summed E-state index contributed by atoms with van der Waals surface area (Å²) in [5.41, 5.74) is 0. The van der Waals surface area contributed by atoms with Crippen LogP contribution in [0.3, 0.4) is 0 Å². The molecule has 24 heavy (non-hydrogen) atoms. The van der Waals surface area contributed by atoms with E-state index in [1.54, 1.807) is 12.4 Å². The Morgan fingerprint density at radius 3 is 1.83 bits per heavy atom. The van der Waals surface area contributed by atoms with Crippen molar-refractivity contribution in [1.82, 2.24) is 20.2 Å². The van der Waals surface area contributed by atoms with Gasteiger partial charge in [0.15, 0.2) is 11.6 Å². The normalized spacial score (nSPS) is 18.8. The molecule has 0 atom stereocenters. The van der Waals surface area contributed by atoms with E-state index < -0.39 is 0 Å². The van der Waals surface area contributed by atoms with Gasteiger partial charge in [-0.05, 0) is 12.1 Å². The summed E-state index contributed by atoms with van der Waals surface area (Å²) in [6, 6.07) is 4.12. The number of hydrogen-bond donors (Lipinski definition) is 0. The molecule has 2 aliphatic heterocycles. The number of morpholine rings is 1.